The zero-order chi connectivity index (χ0) is 17.6. The van der Waals surface area contributed by atoms with Gasteiger partial charge in [-0.3, -0.25) is 0 Å². The molecule has 0 aliphatic rings. The molecule has 0 fully saturated rings. The summed E-state index contributed by atoms with van der Waals surface area (Å²) >= 11 is 5.28. The minimum absolute atomic E-state index is 0.492. The molecular weight excluding hydrogens is 400 g/mol. The number of nitrogens with zero attached hydrogens (tertiary/aromatic N) is 2. The Bertz CT molecular complexity index is 837. The molecule has 128 valence electrons. The van der Waals surface area contributed by atoms with Gasteiger partial charge in [0.05, 0.1) is 20.3 Å². The summed E-state index contributed by atoms with van der Waals surface area (Å²) in [5, 5.41) is 0.619. The van der Waals surface area contributed by atoms with Crippen molar-refractivity contribution in [3.8, 4) is 22.9 Å². The molecule has 0 N–H and O–H groups in total. The van der Waals surface area contributed by atoms with Gasteiger partial charge in [0.1, 0.15) is 0 Å². The fraction of sp³-hybridized carbons (Fsp3) is 0.158. The lowest BCUT2D eigenvalue weighted by molar-refractivity contribution is 0.364. The van der Waals surface area contributed by atoms with Crippen molar-refractivity contribution in [2.45, 2.75) is 10.9 Å². The quantitative estimate of drug-likeness (QED) is 0.407. The molecule has 0 saturated heterocycles. The van der Waals surface area contributed by atoms with Crippen molar-refractivity contribution >= 4 is 27.7 Å². The molecule has 0 aliphatic heterocycles. The normalized spacial score (nSPS) is 10.5. The fourth-order valence-electron chi connectivity index (χ4n) is 2.33. The predicted octanol–water partition coefficient (Wildman–Crippen LogP) is 5.22. The number of hydrogen-bond donors (Lipinski definition) is 0. The van der Waals surface area contributed by atoms with Crippen molar-refractivity contribution in [1.82, 2.24) is 9.97 Å². The van der Waals surface area contributed by atoms with E-state index in [2.05, 4.69) is 56.2 Å². The summed E-state index contributed by atoms with van der Waals surface area (Å²) in [4.78, 5) is 8.72. The first-order valence-corrected chi connectivity index (χ1v) is 9.42. The molecule has 0 spiro atoms. The van der Waals surface area contributed by atoms with Crippen molar-refractivity contribution in [2.24, 2.45) is 0 Å². The highest BCUT2D eigenvalue weighted by Gasteiger charge is 2.10. The van der Waals surface area contributed by atoms with Gasteiger partial charge in [-0.25, -0.2) is 0 Å². The molecule has 1 aromatic heterocycles. The summed E-state index contributed by atoms with van der Waals surface area (Å²) in [6, 6.07) is 18.2. The van der Waals surface area contributed by atoms with Crippen molar-refractivity contribution in [1.29, 1.82) is 0 Å². The molecule has 0 amide bonds. The molecule has 25 heavy (non-hydrogen) atoms. The third kappa shape index (κ3) is 4.32. The van der Waals surface area contributed by atoms with Crippen molar-refractivity contribution in [2.75, 3.05) is 14.2 Å². The Morgan fingerprint density at radius 2 is 1.60 bits per heavy atom. The zero-order valence-corrected chi connectivity index (χ0v) is 16.3. The number of ether oxygens (including phenoxy) is 2. The van der Waals surface area contributed by atoms with E-state index in [4.69, 9.17) is 9.47 Å². The van der Waals surface area contributed by atoms with Crippen molar-refractivity contribution in [3.63, 3.8) is 0 Å². The molecule has 2 aromatic carbocycles. The van der Waals surface area contributed by atoms with Gasteiger partial charge in [-0.1, -0.05) is 60.3 Å². The maximum Gasteiger partial charge on any atom is 0.220 e. The van der Waals surface area contributed by atoms with Crippen LogP contribution in [0.1, 0.15) is 5.56 Å². The maximum atomic E-state index is 5.20. The number of rotatable bonds is 6. The van der Waals surface area contributed by atoms with Gasteiger partial charge in [0, 0.05) is 10.2 Å². The molecule has 3 aromatic rings. The molecule has 0 radical (unpaired) electrons. The van der Waals surface area contributed by atoms with E-state index in [1.807, 2.05) is 18.2 Å². The third-order valence-electron chi connectivity index (χ3n) is 3.60. The van der Waals surface area contributed by atoms with Crippen molar-refractivity contribution < 1.29 is 9.47 Å². The Morgan fingerprint density at radius 3 is 2.24 bits per heavy atom. The van der Waals surface area contributed by atoms with Crippen LogP contribution in [0.15, 0.2) is 64.2 Å². The van der Waals surface area contributed by atoms with E-state index in [1.165, 1.54) is 28.5 Å². The van der Waals surface area contributed by atoms with Gasteiger partial charge in [0.15, 0.2) is 5.16 Å². The summed E-state index contributed by atoms with van der Waals surface area (Å²) in [5.41, 5.74) is 3.53. The highest BCUT2D eigenvalue weighted by atomic mass is 79.9. The lowest BCUT2D eigenvalue weighted by atomic mass is 10.0. The van der Waals surface area contributed by atoms with Gasteiger partial charge in [-0.2, -0.15) is 9.97 Å². The lowest BCUT2D eigenvalue weighted by Gasteiger charge is -2.10. The van der Waals surface area contributed by atoms with Gasteiger partial charge in [0.25, 0.3) is 0 Å². The van der Waals surface area contributed by atoms with Crippen LogP contribution in [0, 0.1) is 0 Å². The fourth-order valence-corrected chi connectivity index (χ4v) is 3.98. The van der Waals surface area contributed by atoms with Gasteiger partial charge < -0.3 is 9.47 Å². The maximum absolute atomic E-state index is 5.20. The molecule has 3 rings (SSSR count). The van der Waals surface area contributed by atoms with Gasteiger partial charge in [0.2, 0.25) is 11.8 Å². The van der Waals surface area contributed by atoms with Crippen LogP contribution in [-0.4, -0.2) is 24.2 Å². The van der Waals surface area contributed by atoms with Crippen LogP contribution in [0.5, 0.6) is 11.8 Å². The highest BCUT2D eigenvalue weighted by molar-refractivity contribution is 9.10. The lowest BCUT2D eigenvalue weighted by Crippen LogP contribution is -1.96. The zero-order valence-electron chi connectivity index (χ0n) is 13.9. The molecule has 0 aliphatic carbocycles. The molecule has 0 bridgehead atoms. The summed E-state index contributed by atoms with van der Waals surface area (Å²) in [7, 11) is 3.16. The van der Waals surface area contributed by atoms with Gasteiger partial charge >= 0.3 is 0 Å². The number of benzene rings is 2. The molecular formula is C19H17BrN2O2S. The van der Waals surface area contributed by atoms with Crippen LogP contribution in [0.25, 0.3) is 11.1 Å². The number of halogens is 1. The number of methoxy groups -OCH3 is 2. The standard InChI is InChI=1S/C19H17BrN2O2S/c1-23-16-11-17(24-2)22-19(21-16)25-12-14-9-6-10-15(18(14)20)13-7-4-3-5-8-13/h3-11H,12H2,1-2H3. The average molecular weight is 417 g/mol. The highest BCUT2D eigenvalue weighted by Crippen LogP contribution is 2.34. The van der Waals surface area contributed by atoms with Crippen LogP contribution in [0.2, 0.25) is 0 Å². The smallest absolute Gasteiger partial charge is 0.220 e. The average Bonchev–Trinajstić information content (AvgIpc) is 2.67. The van der Waals surface area contributed by atoms with E-state index in [1.54, 1.807) is 20.3 Å². The Morgan fingerprint density at radius 1 is 0.920 bits per heavy atom. The third-order valence-corrected chi connectivity index (χ3v) is 5.43. The van der Waals surface area contributed by atoms with Crippen LogP contribution >= 0.6 is 27.7 Å². The first-order valence-electron chi connectivity index (χ1n) is 7.64. The molecule has 0 saturated carbocycles. The SMILES string of the molecule is COc1cc(OC)nc(SCc2cccc(-c3ccccc3)c2Br)n1. The van der Waals surface area contributed by atoms with E-state index in [0.29, 0.717) is 16.9 Å². The minimum atomic E-state index is 0.492. The Hall–Kier alpha value is -2.05. The minimum Gasteiger partial charge on any atom is -0.481 e. The number of hydrogen-bond acceptors (Lipinski definition) is 5. The van der Waals surface area contributed by atoms with Crippen LogP contribution in [0.4, 0.5) is 0 Å². The van der Waals surface area contributed by atoms with E-state index in [-0.39, 0.29) is 0 Å². The molecule has 4 nitrogen and oxygen atoms in total. The Balaban J connectivity index is 1.83. The largest absolute Gasteiger partial charge is 0.481 e. The van der Waals surface area contributed by atoms with Gasteiger partial charge in [-0.15, -0.1) is 0 Å². The van der Waals surface area contributed by atoms with Gasteiger partial charge in [-0.05, 0) is 32.6 Å². The van der Waals surface area contributed by atoms with Crippen LogP contribution in [0.3, 0.4) is 0 Å². The van der Waals surface area contributed by atoms with Crippen LogP contribution in [-0.2, 0) is 5.75 Å². The molecule has 1 heterocycles. The summed E-state index contributed by atoms with van der Waals surface area (Å²) < 4.78 is 11.5. The molecule has 0 unspecified atom stereocenters. The number of aromatic nitrogens is 2. The second-order valence-corrected chi connectivity index (χ2v) is 6.90. The van der Waals surface area contributed by atoms with Crippen molar-refractivity contribution in [3.05, 3.63) is 64.6 Å². The number of thioether (sulfide) groups is 1. The second kappa shape index (κ2) is 8.36. The Labute approximate surface area is 159 Å². The van der Waals surface area contributed by atoms with E-state index in [0.717, 1.165) is 10.2 Å². The second-order valence-electron chi connectivity index (χ2n) is 5.17. The first kappa shape index (κ1) is 17.8. The summed E-state index contributed by atoms with van der Waals surface area (Å²) in [6.07, 6.45) is 0. The summed E-state index contributed by atoms with van der Waals surface area (Å²) in [5.74, 6) is 1.72. The molecule has 6 heteroatoms. The predicted molar refractivity (Wildman–Crippen MR) is 104 cm³/mol. The van der Waals surface area contributed by atoms with E-state index >= 15 is 0 Å². The monoisotopic (exact) mass is 416 g/mol. The first-order chi connectivity index (χ1) is 12.2. The Kier molecular flexibility index (Phi) is 5.94. The molecule has 0 atom stereocenters. The summed E-state index contributed by atoms with van der Waals surface area (Å²) in [6.45, 7) is 0. The van der Waals surface area contributed by atoms with E-state index < -0.39 is 0 Å². The van der Waals surface area contributed by atoms with E-state index in [9.17, 15) is 0 Å². The topological polar surface area (TPSA) is 44.2 Å². The van der Waals surface area contributed by atoms with Crippen LogP contribution < -0.4 is 9.47 Å².